The highest BCUT2D eigenvalue weighted by Gasteiger charge is 2.14. The monoisotopic (exact) mass is 337 g/mol. The van der Waals surface area contributed by atoms with E-state index in [0.717, 1.165) is 5.56 Å². The molecule has 0 aliphatic rings. The molecule has 25 heavy (non-hydrogen) atoms. The summed E-state index contributed by atoms with van der Waals surface area (Å²) in [6.07, 6.45) is 3.25. The van der Waals surface area contributed by atoms with Crippen LogP contribution in [0.2, 0.25) is 0 Å². The first kappa shape index (κ1) is 16.6. The van der Waals surface area contributed by atoms with Crippen molar-refractivity contribution in [1.82, 2.24) is 15.2 Å². The Kier molecular flexibility index (Phi) is 4.47. The van der Waals surface area contributed by atoms with Gasteiger partial charge in [-0.2, -0.15) is 0 Å². The molecule has 7 heteroatoms. The number of amides is 2. The lowest BCUT2D eigenvalue weighted by Crippen LogP contribution is -2.19. The lowest BCUT2D eigenvalue weighted by atomic mass is 9.87. The Hall–Kier alpha value is -3.22. The maximum atomic E-state index is 12.0. The molecule has 2 aromatic heterocycles. The van der Waals surface area contributed by atoms with Gasteiger partial charge in [0.05, 0.1) is 0 Å². The molecule has 0 fully saturated rings. The van der Waals surface area contributed by atoms with Crippen LogP contribution in [0.25, 0.3) is 11.5 Å². The molecule has 0 radical (unpaired) electrons. The number of nitrogens with one attached hydrogen (secondary N) is 2. The molecule has 0 saturated heterocycles. The van der Waals surface area contributed by atoms with Crippen LogP contribution in [-0.4, -0.2) is 21.2 Å². The zero-order valence-corrected chi connectivity index (χ0v) is 14.3. The van der Waals surface area contributed by atoms with Crippen molar-refractivity contribution in [3.63, 3.8) is 0 Å². The van der Waals surface area contributed by atoms with E-state index in [1.54, 1.807) is 24.5 Å². The van der Waals surface area contributed by atoms with Crippen molar-refractivity contribution in [2.75, 3.05) is 10.6 Å². The SMILES string of the molecule is CC(C)(C)c1ccc(NC(=O)Nc2nnc(-c3ccncc3)o2)cc1. The van der Waals surface area contributed by atoms with Crippen LogP contribution in [0.5, 0.6) is 0 Å². The van der Waals surface area contributed by atoms with Gasteiger partial charge in [0.2, 0.25) is 5.89 Å². The maximum absolute atomic E-state index is 12.0. The van der Waals surface area contributed by atoms with Gasteiger partial charge in [0.1, 0.15) is 0 Å². The standard InChI is InChI=1S/C18H19N5O2/c1-18(2,3)13-4-6-14(7-5-13)20-16(24)21-17-23-22-15(25-17)12-8-10-19-11-9-12/h4-11H,1-3H3,(H2,20,21,23,24). The molecule has 7 nitrogen and oxygen atoms in total. The van der Waals surface area contributed by atoms with Gasteiger partial charge < -0.3 is 9.73 Å². The lowest BCUT2D eigenvalue weighted by molar-refractivity contribution is 0.261. The second kappa shape index (κ2) is 6.72. The van der Waals surface area contributed by atoms with E-state index >= 15 is 0 Å². The van der Waals surface area contributed by atoms with Gasteiger partial charge in [0.25, 0.3) is 0 Å². The second-order valence-electron chi connectivity index (χ2n) is 6.55. The Labute approximate surface area is 145 Å². The molecule has 2 N–H and O–H groups in total. The first-order chi connectivity index (χ1) is 11.9. The third kappa shape index (κ3) is 4.20. The normalized spacial score (nSPS) is 11.2. The van der Waals surface area contributed by atoms with Gasteiger partial charge in [-0.15, -0.1) is 5.10 Å². The van der Waals surface area contributed by atoms with Gasteiger partial charge >= 0.3 is 12.0 Å². The van der Waals surface area contributed by atoms with Crippen molar-refractivity contribution in [2.45, 2.75) is 26.2 Å². The van der Waals surface area contributed by atoms with Crippen LogP contribution in [0.4, 0.5) is 16.5 Å². The number of hydrogen-bond donors (Lipinski definition) is 2. The summed E-state index contributed by atoms with van der Waals surface area (Å²) in [5, 5.41) is 13.0. The summed E-state index contributed by atoms with van der Waals surface area (Å²) in [4.78, 5) is 16.0. The predicted molar refractivity (Wildman–Crippen MR) is 95.3 cm³/mol. The molecule has 3 aromatic rings. The zero-order chi connectivity index (χ0) is 17.9. The summed E-state index contributed by atoms with van der Waals surface area (Å²) >= 11 is 0. The molecule has 1 aromatic carbocycles. The fourth-order valence-corrected chi connectivity index (χ4v) is 2.20. The number of pyridine rings is 1. The summed E-state index contributed by atoms with van der Waals surface area (Å²) in [5.74, 6) is 0.312. The topological polar surface area (TPSA) is 92.9 Å². The molecular weight excluding hydrogens is 318 g/mol. The number of aromatic nitrogens is 3. The Balaban J connectivity index is 1.62. The number of hydrogen-bond acceptors (Lipinski definition) is 5. The van der Waals surface area contributed by atoms with Crippen LogP contribution in [0.3, 0.4) is 0 Å². The Morgan fingerprint density at radius 1 is 0.960 bits per heavy atom. The van der Waals surface area contributed by atoms with Crippen molar-refractivity contribution in [3.8, 4) is 11.5 Å². The van der Waals surface area contributed by atoms with Gasteiger partial charge in [-0.05, 0) is 35.2 Å². The molecule has 2 amide bonds. The number of benzene rings is 1. The first-order valence-corrected chi connectivity index (χ1v) is 7.84. The molecule has 2 heterocycles. The zero-order valence-electron chi connectivity index (χ0n) is 14.3. The lowest BCUT2D eigenvalue weighted by Gasteiger charge is -2.19. The second-order valence-corrected chi connectivity index (χ2v) is 6.55. The smallest absolute Gasteiger partial charge is 0.327 e. The van der Waals surface area contributed by atoms with Crippen molar-refractivity contribution >= 4 is 17.7 Å². The van der Waals surface area contributed by atoms with Crippen LogP contribution in [0.1, 0.15) is 26.3 Å². The largest absolute Gasteiger partial charge is 0.403 e. The third-order valence-electron chi connectivity index (χ3n) is 3.58. The van der Waals surface area contributed by atoms with E-state index in [-0.39, 0.29) is 11.4 Å². The van der Waals surface area contributed by atoms with Crippen molar-refractivity contribution < 1.29 is 9.21 Å². The Morgan fingerprint density at radius 2 is 1.64 bits per heavy atom. The summed E-state index contributed by atoms with van der Waals surface area (Å²) < 4.78 is 5.42. The van der Waals surface area contributed by atoms with Crippen molar-refractivity contribution in [1.29, 1.82) is 0 Å². The number of urea groups is 1. The summed E-state index contributed by atoms with van der Waals surface area (Å²) in [5.41, 5.74) is 2.67. The van der Waals surface area contributed by atoms with E-state index < -0.39 is 6.03 Å². The van der Waals surface area contributed by atoms with E-state index in [2.05, 4.69) is 46.6 Å². The number of carbonyl (C=O) groups is 1. The van der Waals surface area contributed by atoms with Gasteiger partial charge in [-0.1, -0.05) is 38.0 Å². The average Bonchev–Trinajstić information content (AvgIpc) is 3.03. The minimum absolute atomic E-state index is 0.0237. The van der Waals surface area contributed by atoms with Crippen LogP contribution in [0, 0.1) is 0 Å². The van der Waals surface area contributed by atoms with Crippen molar-refractivity contribution in [2.24, 2.45) is 0 Å². The van der Waals surface area contributed by atoms with Gasteiger partial charge in [-0.3, -0.25) is 10.3 Å². The molecule has 0 aliphatic heterocycles. The summed E-state index contributed by atoms with van der Waals surface area (Å²) in [7, 11) is 0. The molecule has 128 valence electrons. The van der Waals surface area contributed by atoms with Crippen LogP contribution >= 0.6 is 0 Å². The number of carbonyl (C=O) groups excluding carboxylic acids is 1. The molecule has 0 saturated carbocycles. The molecule has 0 unspecified atom stereocenters. The maximum Gasteiger partial charge on any atom is 0.327 e. The van der Waals surface area contributed by atoms with E-state index in [0.29, 0.717) is 11.6 Å². The van der Waals surface area contributed by atoms with E-state index in [9.17, 15) is 4.79 Å². The Bertz CT molecular complexity index is 851. The number of rotatable bonds is 3. The quantitative estimate of drug-likeness (QED) is 0.751. The summed E-state index contributed by atoms with van der Waals surface area (Å²) in [6, 6.07) is 10.8. The molecule has 0 aliphatic carbocycles. The minimum atomic E-state index is -0.451. The first-order valence-electron chi connectivity index (χ1n) is 7.84. The molecule has 0 spiro atoms. The van der Waals surface area contributed by atoms with E-state index in [1.165, 1.54) is 5.56 Å². The van der Waals surface area contributed by atoms with Crippen LogP contribution in [0.15, 0.2) is 53.2 Å². The molecule has 0 atom stereocenters. The predicted octanol–water partition coefficient (Wildman–Crippen LogP) is 4.07. The number of anilines is 2. The highest BCUT2D eigenvalue weighted by atomic mass is 16.4. The fraction of sp³-hybridized carbons (Fsp3) is 0.222. The fourth-order valence-electron chi connectivity index (χ4n) is 2.20. The molecular formula is C18H19N5O2. The van der Waals surface area contributed by atoms with Gasteiger partial charge in [0, 0.05) is 23.6 Å². The van der Waals surface area contributed by atoms with Gasteiger partial charge in [-0.25, -0.2) is 4.79 Å². The third-order valence-corrected chi connectivity index (χ3v) is 3.58. The van der Waals surface area contributed by atoms with E-state index in [4.69, 9.17) is 4.42 Å². The average molecular weight is 337 g/mol. The van der Waals surface area contributed by atoms with Gasteiger partial charge in [0.15, 0.2) is 0 Å². The van der Waals surface area contributed by atoms with Crippen LogP contribution < -0.4 is 10.6 Å². The van der Waals surface area contributed by atoms with Crippen molar-refractivity contribution in [3.05, 3.63) is 54.4 Å². The van der Waals surface area contributed by atoms with E-state index in [1.807, 2.05) is 24.3 Å². The summed E-state index contributed by atoms with van der Waals surface area (Å²) in [6.45, 7) is 6.41. The minimum Gasteiger partial charge on any atom is -0.403 e. The highest BCUT2D eigenvalue weighted by Crippen LogP contribution is 2.23. The molecule has 0 bridgehead atoms. The molecule has 3 rings (SSSR count). The number of nitrogens with zero attached hydrogens (tertiary/aromatic N) is 3. The highest BCUT2D eigenvalue weighted by molar-refractivity contribution is 5.98. The Morgan fingerprint density at radius 3 is 2.28 bits per heavy atom. The van der Waals surface area contributed by atoms with Crippen LogP contribution in [-0.2, 0) is 5.41 Å².